The lowest BCUT2D eigenvalue weighted by Gasteiger charge is -2.08. The molecule has 0 spiro atoms. The van der Waals surface area contributed by atoms with E-state index in [-0.39, 0.29) is 16.8 Å². The van der Waals surface area contributed by atoms with E-state index >= 15 is 0 Å². The van der Waals surface area contributed by atoms with Gasteiger partial charge in [0.05, 0.1) is 21.1 Å². The molecule has 0 bridgehead atoms. The monoisotopic (exact) mass is 402 g/mol. The Morgan fingerprint density at radius 1 is 1.15 bits per heavy atom. The van der Waals surface area contributed by atoms with Crippen molar-refractivity contribution in [1.29, 1.82) is 0 Å². The first kappa shape index (κ1) is 19.5. The lowest BCUT2D eigenvalue weighted by Crippen LogP contribution is -2.12. The number of rotatable bonds is 5. The van der Waals surface area contributed by atoms with Crippen LogP contribution in [0.3, 0.4) is 0 Å². The molecule has 140 valence electrons. The minimum absolute atomic E-state index is 0.00456. The number of amides is 1. The topological polar surface area (TPSA) is 51.1 Å². The number of hydrogen-bond acceptors (Lipinski definition) is 2. The van der Waals surface area contributed by atoms with E-state index in [1.807, 2.05) is 19.1 Å². The van der Waals surface area contributed by atoms with Gasteiger partial charge < -0.3 is 5.32 Å². The van der Waals surface area contributed by atoms with E-state index in [9.17, 15) is 9.59 Å². The molecule has 0 atom stereocenters. The van der Waals surface area contributed by atoms with Crippen LogP contribution >= 0.6 is 23.2 Å². The van der Waals surface area contributed by atoms with Crippen LogP contribution in [0.1, 0.15) is 42.1 Å². The van der Waals surface area contributed by atoms with E-state index in [2.05, 4.69) is 12.2 Å². The van der Waals surface area contributed by atoms with E-state index in [4.69, 9.17) is 23.2 Å². The van der Waals surface area contributed by atoms with Gasteiger partial charge in [-0.2, -0.15) is 0 Å². The van der Waals surface area contributed by atoms with Gasteiger partial charge in [0.2, 0.25) is 5.91 Å². The van der Waals surface area contributed by atoms with E-state index < -0.39 is 0 Å². The van der Waals surface area contributed by atoms with E-state index in [0.29, 0.717) is 17.0 Å². The van der Waals surface area contributed by atoms with Crippen LogP contribution < -0.4 is 5.32 Å². The van der Waals surface area contributed by atoms with Gasteiger partial charge in [0.1, 0.15) is 0 Å². The summed E-state index contributed by atoms with van der Waals surface area (Å²) in [5.74, 6) is -0.254. The van der Waals surface area contributed by atoms with Crippen LogP contribution in [0.4, 0.5) is 5.69 Å². The number of nitrogens with one attached hydrogen (secondary N) is 1. The van der Waals surface area contributed by atoms with Gasteiger partial charge in [-0.1, -0.05) is 42.6 Å². The fraction of sp³-hybridized carbons (Fsp3) is 0.238. The predicted octanol–water partition coefficient (Wildman–Crippen LogP) is 6.07. The summed E-state index contributed by atoms with van der Waals surface area (Å²) in [7, 11) is 0. The van der Waals surface area contributed by atoms with Crippen LogP contribution in [0, 0.1) is 6.92 Å². The standard InChI is InChI=1S/C21H20Cl2N2O2/c1-3-4-8-19(26)24-14-9-10-18-16(11-14)13(2)12-25(18)21(27)15-6-5-7-17(22)20(15)23/h5-7,9-12H,3-4,8H2,1-2H3,(H,24,26). The quantitative estimate of drug-likeness (QED) is 0.562. The zero-order chi connectivity index (χ0) is 19.6. The highest BCUT2D eigenvalue weighted by Crippen LogP contribution is 2.29. The molecule has 27 heavy (non-hydrogen) atoms. The van der Waals surface area contributed by atoms with Crippen LogP contribution in [0.5, 0.6) is 0 Å². The van der Waals surface area contributed by atoms with Gasteiger partial charge in [0.15, 0.2) is 0 Å². The second-order valence-corrected chi connectivity index (χ2v) is 7.26. The van der Waals surface area contributed by atoms with Gasteiger partial charge in [-0.3, -0.25) is 14.2 Å². The zero-order valence-corrected chi connectivity index (χ0v) is 16.7. The molecule has 0 saturated heterocycles. The number of aryl methyl sites for hydroxylation is 1. The number of unbranched alkanes of at least 4 members (excludes halogenated alkanes) is 1. The van der Waals surface area contributed by atoms with Crippen molar-refractivity contribution in [2.45, 2.75) is 33.1 Å². The van der Waals surface area contributed by atoms with Gasteiger partial charge in [0.25, 0.3) is 5.91 Å². The third-order valence-electron chi connectivity index (χ3n) is 4.45. The molecular formula is C21H20Cl2N2O2. The zero-order valence-electron chi connectivity index (χ0n) is 15.2. The molecule has 1 N–H and O–H groups in total. The van der Waals surface area contributed by atoms with Crippen molar-refractivity contribution in [1.82, 2.24) is 4.57 Å². The predicted molar refractivity (Wildman–Crippen MR) is 111 cm³/mol. The van der Waals surface area contributed by atoms with Crippen molar-refractivity contribution in [3.63, 3.8) is 0 Å². The van der Waals surface area contributed by atoms with Gasteiger partial charge in [0, 0.05) is 23.7 Å². The number of fused-ring (bicyclic) bond motifs is 1. The molecule has 0 unspecified atom stereocenters. The number of hydrogen-bond donors (Lipinski definition) is 1. The fourth-order valence-electron chi connectivity index (χ4n) is 3.00. The first-order chi connectivity index (χ1) is 12.9. The lowest BCUT2D eigenvalue weighted by atomic mass is 10.1. The summed E-state index contributed by atoms with van der Waals surface area (Å²) in [4.78, 5) is 24.9. The summed E-state index contributed by atoms with van der Waals surface area (Å²) in [5.41, 5.74) is 2.75. The molecule has 1 heterocycles. The smallest absolute Gasteiger partial charge is 0.263 e. The van der Waals surface area contributed by atoms with Crippen LogP contribution in [0.25, 0.3) is 10.9 Å². The van der Waals surface area contributed by atoms with Gasteiger partial charge >= 0.3 is 0 Å². The molecule has 0 aliphatic heterocycles. The van der Waals surface area contributed by atoms with Crippen LogP contribution in [-0.2, 0) is 4.79 Å². The molecule has 2 aromatic carbocycles. The second-order valence-electron chi connectivity index (χ2n) is 6.47. The SMILES string of the molecule is CCCCC(=O)Nc1ccc2c(c1)c(C)cn2C(=O)c1cccc(Cl)c1Cl. The Bertz CT molecular complexity index is 1020. The molecule has 1 amide bonds. The highest BCUT2D eigenvalue weighted by Gasteiger charge is 2.18. The summed E-state index contributed by atoms with van der Waals surface area (Å²) in [6.07, 6.45) is 4.11. The largest absolute Gasteiger partial charge is 0.326 e. The highest BCUT2D eigenvalue weighted by atomic mass is 35.5. The Kier molecular flexibility index (Phi) is 5.88. The minimum Gasteiger partial charge on any atom is -0.326 e. The number of nitrogens with zero attached hydrogens (tertiary/aromatic N) is 1. The molecule has 0 aliphatic carbocycles. The van der Waals surface area contributed by atoms with Crippen molar-refractivity contribution >= 4 is 51.6 Å². The average molecular weight is 403 g/mol. The Labute approximate surface area is 168 Å². The lowest BCUT2D eigenvalue weighted by molar-refractivity contribution is -0.116. The maximum atomic E-state index is 13.0. The third kappa shape index (κ3) is 4.02. The summed E-state index contributed by atoms with van der Waals surface area (Å²) in [6, 6.07) is 10.5. The number of anilines is 1. The van der Waals surface area contributed by atoms with Gasteiger partial charge in [-0.15, -0.1) is 0 Å². The number of carbonyl (C=O) groups is 2. The van der Waals surface area contributed by atoms with E-state index in [1.54, 1.807) is 35.0 Å². The molecular weight excluding hydrogens is 383 g/mol. The first-order valence-corrected chi connectivity index (χ1v) is 9.58. The highest BCUT2D eigenvalue weighted by molar-refractivity contribution is 6.44. The van der Waals surface area contributed by atoms with Crippen molar-refractivity contribution in [3.8, 4) is 0 Å². The Hall–Kier alpha value is -2.30. The Morgan fingerprint density at radius 3 is 2.67 bits per heavy atom. The number of aromatic nitrogens is 1. The van der Waals surface area contributed by atoms with Crippen molar-refractivity contribution in [2.24, 2.45) is 0 Å². The van der Waals surface area contributed by atoms with Crippen molar-refractivity contribution < 1.29 is 9.59 Å². The summed E-state index contributed by atoms with van der Waals surface area (Å²) in [6.45, 7) is 3.98. The summed E-state index contributed by atoms with van der Waals surface area (Å²) < 4.78 is 1.56. The van der Waals surface area contributed by atoms with Crippen molar-refractivity contribution in [2.75, 3.05) is 5.32 Å². The molecule has 3 rings (SSSR count). The first-order valence-electron chi connectivity index (χ1n) is 8.82. The van der Waals surface area contributed by atoms with Crippen LogP contribution in [0.2, 0.25) is 10.0 Å². The van der Waals surface area contributed by atoms with Gasteiger partial charge in [-0.05, 0) is 49.2 Å². The normalized spacial score (nSPS) is 11.0. The molecule has 0 fully saturated rings. The average Bonchev–Trinajstić information content (AvgIpc) is 2.98. The maximum Gasteiger partial charge on any atom is 0.263 e. The Morgan fingerprint density at radius 2 is 1.93 bits per heavy atom. The number of benzene rings is 2. The molecule has 1 aromatic heterocycles. The molecule has 6 heteroatoms. The molecule has 3 aromatic rings. The second kappa shape index (κ2) is 8.15. The summed E-state index contributed by atoms with van der Waals surface area (Å²) in [5, 5.41) is 4.39. The molecule has 4 nitrogen and oxygen atoms in total. The minimum atomic E-state index is -0.250. The fourth-order valence-corrected chi connectivity index (χ4v) is 3.38. The number of carbonyl (C=O) groups excluding carboxylic acids is 2. The maximum absolute atomic E-state index is 13.0. The molecule has 0 radical (unpaired) electrons. The number of halogens is 2. The third-order valence-corrected chi connectivity index (χ3v) is 5.26. The molecule has 0 saturated carbocycles. The molecule has 0 aliphatic rings. The van der Waals surface area contributed by atoms with Crippen molar-refractivity contribution in [3.05, 3.63) is 63.8 Å². The van der Waals surface area contributed by atoms with E-state index in [1.165, 1.54) is 0 Å². The summed E-state index contributed by atoms with van der Waals surface area (Å²) >= 11 is 12.2. The van der Waals surface area contributed by atoms with Gasteiger partial charge in [-0.25, -0.2) is 0 Å². The Balaban J connectivity index is 1.95. The van der Waals surface area contributed by atoms with Crippen LogP contribution in [-0.4, -0.2) is 16.4 Å². The van der Waals surface area contributed by atoms with E-state index in [0.717, 1.165) is 35.0 Å². The van der Waals surface area contributed by atoms with Crippen LogP contribution in [0.15, 0.2) is 42.6 Å².